The fourth-order valence-corrected chi connectivity index (χ4v) is 0.760. The van der Waals surface area contributed by atoms with Gasteiger partial charge in [-0.25, -0.2) is 14.4 Å². The number of anilines is 1. The molecule has 0 amide bonds. The van der Waals surface area contributed by atoms with Gasteiger partial charge in [-0.15, -0.1) is 0 Å². The van der Waals surface area contributed by atoms with Crippen LogP contribution in [0.2, 0.25) is 0 Å². The Hall–Kier alpha value is -1.19. The molecule has 1 N–H and O–H groups in total. The van der Waals surface area contributed by atoms with Crippen molar-refractivity contribution in [1.29, 1.82) is 0 Å². The van der Waals surface area contributed by atoms with Crippen molar-refractivity contribution in [3.63, 3.8) is 0 Å². The van der Waals surface area contributed by atoms with Crippen LogP contribution in [-0.2, 0) is 0 Å². The lowest BCUT2D eigenvalue weighted by Gasteiger charge is -2.20. The zero-order valence-corrected chi connectivity index (χ0v) is 7.43. The summed E-state index contributed by atoms with van der Waals surface area (Å²) in [6, 6.07) is 0. The van der Waals surface area contributed by atoms with E-state index in [9.17, 15) is 4.39 Å². The maximum atomic E-state index is 12.9. The summed E-state index contributed by atoms with van der Waals surface area (Å²) in [5.74, 6) is -0.176. The van der Waals surface area contributed by atoms with Crippen LogP contribution in [0.15, 0.2) is 12.5 Å². The summed E-state index contributed by atoms with van der Waals surface area (Å²) in [4.78, 5) is 7.32. The molecular formula is C8H12FN3. The summed E-state index contributed by atoms with van der Waals surface area (Å²) in [7, 11) is 0. The quantitative estimate of drug-likeness (QED) is 0.696. The van der Waals surface area contributed by atoms with Crippen molar-refractivity contribution in [1.82, 2.24) is 9.97 Å². The summed E-state index contributed by atoms with van der Waals surface area (Å²) in [6.45, 7) is 5.82. The fourth-order valence-electron chi connectivity index (χ4n) is 0.760. The molecule has 0 fully saturated rings. The van der Waals surface area contributed by atoms with Gasteiger partial charge in [0.15, 0.2) is 11.6 Å². The van der Waals surface area contributed by atoms with Crippen LogP contribution in [0.1, 0.15) is 20.8 Å². The Morgan fingerprint density at radius 1 is 1.42 bits per heavy atom. The van der Waals surface area contributed by atoms with Gasteiger partial charge in [-0.05, 0) is 20.8 Å². The molecule has 0 spiro atoms. The van der Waals surface area contributed by atoms with E-state index in [0.717, 1.165) is 6.20 Å². The number of hydrogen-bond acceptors (Lipinski definition) is 3. The average Bonchev–Trinajstić information content (AvgIpc) is 1.91. The second-order valence-electron chi connectivity index (χ2n) is 3.59. The lowest BCUT2D eigenvalue weighted by Crippen LogP contribution is -2.27. The van der Waals surface area contributed by atoms with E-state index in [1.807, 2.05) is 20.8 Å². The third kappa shape index (κ3) is 2.45. The maximum Gasteiger partial charge on any atom is 0.183 e. The van der Waals surface area contributed by atoms with E-state index >= 15 is 0 Å². The van der Waals surface area contributed by atoms with Gasteiger partial charge in [0.25, 0.3) is 0 Å². The Morgan fingerprint density at radius 2 is 2.08 bits per heavy atom. The largest absolute Gasteiger partial charge is 0.363 e. The highest BCUT2D eigenvalue weighted by molar-refractivity contribution is 5.36. The molecule has 3 nitrogen and oxygen atoms in total. The summed E-state index contributed by atoms with van der Waals surface area (Å²) < 4.78 is 12.9. The second-order valence-corrected chi connectivity index (χ2v) is 3.59. The van der Waals surface area contributed by atoms with Gasteiger partial charge in [0.05, 0.1) is 6.20 Å². The third-order valence-electron chi connectivity index (χ3n) is 1.16. The smallest absolute Gasteiger partial charge is 0.183 e. The molecule has 0 bridgehead atoms. The molecule has 12 heavy (non-hydrogen) atoms. The first-order valence-electron chi connectivity index (χ1n) is 3.73. The average molecular weight is 169 g/mol. The summed E-state index contributed by atoms with van der Waals surface area (Å²) in [5.41, 5.74) is -0.185. The highest BCUT2D eigenvalue weighted by Gasteiger charge is 2.12. The Bertz CT molecular complexity index is 267. The topological polar surface area (TPSA) is 37.8 Å². The van der Waals surface area contributed by atoms with Gasteiger partial charge >= 0.3 is 0 Å². The molecule has 1 heterocycles. The summed E-state index contributed by atoms with van der Waals surface area (Å²) in [6.07, 6.45) is 2.46. The van der Waals surface area contributed by atoms with E-state index in [0.29, 0.717) is 0 Å². The van der Waals surface area contributed by atoms with Crippen molar-refractivity contribution in [3.05, 3.63) is 18.3 Å². The van der Waals surface area contributed by atoms with Gasteiger partial charge in [-0.2, -0.15) is 0 Å². The van der Waals surface area contributed by atoms with Gasteiger partial charge in [0, 0.05) is 5.54 Å². The van der Waals surface area contributed by atoms with E-state index < -0.39 is 5.82 Å². The van der Waals surface area contributed by atoms with E-state index in [2.05, 4.69) is 15.3 Å². The Morgan fingerprint density at radius 3 is 2.58 bits per heavy atom. The van der Waals surface area contributed by atoms with Gasteiger partial charge < -0.3 is 5.32 Å². The number of halogens is 1. The Balaban J connectivity index is 2.83. The van der Waals surface area contributed by atoms with Crippen LogP contribution in [0.4, 0.5) is 10.2 Å². The molecular weight excluding hydrogens is 157 g/mol. The molecule has 1 aromatic heterocycles. The first-order valence-corrected chi connectivity index (χ1v) is 3.73. The standard InChI is InChI=1S/C8H12FN3/c1-8(2,3)12-7-6(9)4-10-5-11-7/h4-5H,1-3H3,(H,10,11,12). The highest BCUT2D eigenvalue weighted by atomic mass is 19.1. The SMILES string of the molecule is CC(C)(C)Nc1ncncc1F. The fraction of sp³-hybridized carbons (Fsp3) is 0.500. The number of hydrogen-bond donors (Lipinski definition) is 1. The maximum absolute atomic E-state index is 12.9. The van der Waals surface area contributed by atoms with E-state index in [1.165, 1.54) is 6.33 Å². The van der Waals surface area contributed by atoms with Crippen molar-refractivity contribution >= 4 is 5.82 Å². The Labute approximate surface area is 71.0 Å². The monoisotopic (exact) mass is 169 g/mol. The lowest BCUT2D eigenvalue weighted by atomic mass is 10.1. The molecule has 0 radical (unpaired) electrons. The minimum Gasteiger partial charge on any atom is -0.363 e. The van der Waals surface area contributed by atoms with Crippen LogP contribution in [0.25, 0.3) is 0 Å². The molecule has 66 valence electrons. The van der Waals surface area contributed by atoms with Crippen molar-refractivity contribution < 1.29 is 4.39 Å². The zero-order valence-electron chi connectivity index (χ0n) is 7.43. The number of rotatable bonds is 1. The molecule has 0 saturated carbocycles. The van der Waals surface area contributed by atoms with Crippen LogP contribution in [0, 0.1) is 5.82 Å². The second kappa shape index (κ2) is 3.05. The lowest BCUT2D eigenvalue weighted by molar-refractivity contribution is 0.586. The molecule has 4 heteroatoms. The Kier molecular flexibility index (Phi) is 2.26. The van der Waals surface area contributed by atoms with E-state index in [1.54, 1.807) is 0 Å². The predicted molar refractivity (Wildman–Crippen MR) is 45.4 cm³/mol. The summed E-state index contributed by atoms with van der Waals surface area (Å²) in [5, 5.41) is 2.92. The van der Waals surface area contributed by atoms with Gasteiger partial charge in [0.2, 0.25) is 0 Å². The minimum atomic E-state index is -0.424. The normalized spacial score (nSPS) is 11.3. The third-order valence-corrected chi connectivity index (χ3v) is 1.16. The van der Waals surface area contributed by atoms with Gasteiger partial charge in [-0.1, -0.05) is 0 Å². The molecule has 1 aromatic rings. The molecule has 0 aliphatic rings. The van der Waals surface area contributed by atoms with E-state index in [-0.39, 0.29) is 11.4 Å². The highest BCUT2D eigenvalue weighted by Crippen LogP contribution is 2.13. The minimum absolute atomic E-state index is 0.185. The van der Waals surface area contributed by atoms with Crippen molar-refractivity contribution in [2.75, 3.05) is 5.32 Å². The molecule has 0 unspecified atom stereocenters. The van der Waals surface area contributed by atoms with Crippen LogP contribution in [-0.4, -0.2) is 15.5 Å². The van der Waals surface area contributed by atoms with E-state index in [4.69, 9.17) is 0 Å². The van der Waals surface area contributed by atoms with Crippen LogP contribution < -0.4 is 5.32 Å². The molecule has 0 atom stereocenters. The van der Waals surface area contributed by atoms with Crippen LogP contribution in [0.3, 0.4) is 0 Å². The van der Waals surface area contributed by atoms with Gasteiger partial charge in [0.1, 0.15) is 6.33 Å². The number of nitrogens with zero attached hydrogens (tertiary/aromatic N) is 2. The number of aromatic nitrogens is 2. The van der Waals surface area contributed by atoms with Crippen molar-refractivity contribution in [2.45, 2.75) is 26.3 Å². The first kappa shape index (κ1) is 8.90. The van der Waals surface area contributed by atoms with Crippen molar-refractivity contribution in [3.8, 4) is 0 Å². The van der Waals surface area contributed by atoms with Crippen LogP contribution >= 0.6 is 0 Å². The first-order chi connectivity index (χ1) is 5.49. The molecule has 0 aromatic carbocycles. The molecule has 1 rings (SSSR count). The molecule has 0 aliphatic heterocycles. The molecule has 0 saturated heterocycles. The van der Waals surface area contributed by atoms with Crippen molar-refractivity contribution in [2.24, 2.45) is 0 Å². The summed E-state index contributed by atoms with van der Waals surface area (Å²) >= 11 is 0. The van der Waals surface area contributed by atoms with Gasteiger partial charge in [-0.3, -0.25) is 0 Å². The number of nitrogens with one attached hydrogen (secondary N) is 1. The zero-order chi connectivity index (χ0) is 9.19. The predicted octanol–water partition coefficient (Wildman–Crippen LogP) is 1.83. The van der Waals surface area contributed by atoms with Crippen LogP contribution in [0.5, 0.6) is 0 Å². The molecule has 0 aliphatic carbocycles.